The van der Waals surface area contributed by atoms with E-state index < -0.39 is 0 Å². The molecule has 0 amide bonds. The van der Waals surface area contributed by atoms with Gasteiger partial charge in [0.2, 0.25) is 0 Å². The van der Waals surface area contributed by atoms with Gasteiger partial charge >= 0.3 is 0 Å². The van der Waals surface area contributed by atoms with Gasteiger partial charge in [-0.05, 0) is 48.9 Å². The predicted molar refractivity (Wildman–Crippen MR) is 139 cm³/mol. The van der Waals surface area contributed by atoms with Crippen LogP contribution in [0.15, 0.2) is 48.5 Å². The Hall–Kier alpha value is -1.96. The molecule has 0 aromatic heterocycles. The van der Waals surface area contributed by atoms with Crippen molar-refractivity contribution in [3.63, 3.8) is 0 Å². The Morgan fingerprint density at radius 3 is 1.16 bits per heavy atom. The SMILES string of the molecule is CCCCN(CCCC)c1ccccc1[CH]c1ccccc1N(CCCC)CCCC. The molecule has 0 bridgehead atoms. The first-order chi connectivity index (χ1) is 15.2. The molecule has 0 aliphatic heterocycles. The standard InChI is InChI=1S/C29H45N2/c1-5-9-21-30(22-10-6-2)28-19-15-13-17-26(28)25-27-18-14-16-20-29(27)31(23-11-7-3)24-12-8-4/h13-20,25H,5-12,21-24H2,1-4H3. The minimum atomic E-state index is 1.14. The van der Waals surface area contributed by atoms with E-state index in [0.717, 1.165) is 26.2 Å². The van der Waals surface area contributed by atoms with Crippen LogP contribution in [0.25, 0.3) is 0 Å². The molecule has 0 atom stereocenters. The van der Waals surface area contributed by atoms with Crippen LogP contribution in [0.3, 0.4) is 0 Å². The van der Waals surface area contributed by atoms with E-state index >= 15 is 0 Å². The molecule has 0 heterocycles. The zero-order valence-corrected chi connectivity index (χ0v) is 20.6. The molecule has 0 aliphatic carbocycles. The molecule has 0 unspecified atom stereocenters. The summed E-state index contributed by atoms with van der Waals surface area (Å²) in [6, 6.07) is 18.0. The average Bonchev–Trinajstić information content (AvgIpc) is 2.80. The van der Waals surface area contributed by atoms with Crippen molar-refractivity contribution in [2.75, 3.05) is 36.0 Å². The Morgan fingerprint density at radius 1 is 0.516 bits per heavy atom. The monoisotopic (exact) mass is 421 g/mol. The maximum Gasteiger partial charge on any atom is 0.0405 e. The smallest absolute Gasteiger partial charge is 0.0405 e. The number of anilines is 2. The first-order valence-electron chi connectivity index (χ1n) is 12.8. The van der Waals surface area contributed by atoms with E-state index in [9.17, 15) is 0 Å². The van der Waals surface area contributed by atoms with Gasteiger partial charge in [0.05, 0.1) is 0 Å². The quantitative estimate of drug-likeness (QED) is 0.270. The lowest BCUT2D eigenvalue weighted by Gasteiger charge is -2.29. The van der Waals surface area contributed by atoms with Gasteiger partial charge in [0.25, 0.3) is 0 Å². The molecule has 2 heteroatoms. The van der Waals surface area contributed by atoms with E-state index in [0.29, 0.717) is 0 Å². The molecule has 0 saturated heterocycles. The third-order valence-electron chi connectivity index (χ3n) is 5.99. The normalized spacial score (nSPS) is 11.0. The molecule has 0 spiro atoms. The van der Waals surface area contributed by atoms with Crippen molar-refractivity contribution in [1.29, 1.82) is 0 Å². The van der Waals surface area contributed by atoms with Crippen LogP contribution in [0.5, 0.6) is 0 Å². The third-order valence-corrected chi connectivity index (χ3v) is 5.99. The summed E-state index contributed by atoms with van der Waals surface area (Å²) in [6.45, 7) is 13.7. The topological polar surface area (TPSA) is 6.48 Å². The highest BCUT2D eigenvalue weighted by atomic mass is 15.1. The minimum absolute atomic E-state index is 1.14. The van der Waals surface area contributed by atoms with Crippen molar-refractivity contribution >= 4 is 11.4 Å². The van der Waals surface area contributed by atoms with Gasteiger partial charge in [-0.1, -0.05) is 89.8 Å². The first-order valence-corrected chi connectivity index (χ1v) is 12.8. The lowest BCUT2D eigenvalue weighted by atomic mass is 9.99. The fraction of sp³-hybridized carbons (Fsp3) is 0.552. The molecule has 1 radical (unpaired) electrons. The van der Waals surface area contributed by atoms with E-state index in [1.165, 1.54) is 73.9 Å². The van der Waals surface area contributed by atoms with Crippen LogP contribution in [-0.4, -0.2) is 26.2 Å². The number of nitrogens with zero attached hydrogens (tertiary/aromatic N) is 2. The predicted octanol–water partition coefficient (Wildman–Crippen LogP) is 8.10. The maximum absolute atomic E-state index is 2.60. The van der Waals surface area contributed by atoms with E-state index in [4.69, 9.17) is 0 Å². The zero-order chi connectivity index (χ0) is 22.3. The van der Waals surface area contributed by atoms with Gasteiger partial charge in [0.1, 0.15) is 0 Å². The highest BCUT2D eigenvalue weighted by Crippen LogP contribution is 2.30. The van der Waals surface area contributed by atoms with Crippen molar-refractivity contribution in [2.45, 2.75) is 79.1 Å². The summed E-state index contributed by atoms with van der Waals surface area (Å²) in [5.41, 5.74) is 5.45. The molecule has 0 saturated carbocycles. The van der Waals surface area contributed by atoms with Gasteiger partial charge in [-0.2, -0.15) is 0 Å². The van der Waals surface area contributed by atoms with Crippen molar-refractivity contribution in [1.82, 2.24) is 0 Å². The summed E-state index contributed by atoms with van der Waals surface area (Å²) in [4.78, 5) is 5.21. The molecule has 2 nitrogen and oxygen atoms in total. The molecule has 2 aromatic rings. The second kappa shape index (κ2) is 14.9. The van der Waals surface area contributed by atoms with Crippen LogP contribution < -0.4 is 9.80 Å². The summed E-state index contributed by atoms with van der Waals surface area (Å²) < 4.78 is 0. The van der Waals surface area contributed by atoms with E-state index in [1.54, 1.807) is 0 Å². The summed E-state index contributed by atoms with van der Waals surface area (Å²) in [5.74, 6) is 0. The molecule has 2 rings (SSSR count). The third kappa shape index (κ3) is 8.24. The second-order valence-electron chi connectivity index (χ2n) is 8.65. The summed E-state index contributed by atoms with van der Waals surface area (Å²) in [7, 11) is 0. The number of hydrogen-bond donors (Lipinski definition) is 0. The lowest BCUT2D eigenvalue weighted by molar-refractivity contribution is 0.675. The summed E-state index contributed by atoms with van der Waals surface area (Å²) >= 11 is 0. The van der Waals surface area contributed by atoms with Crippen LogP contribution in [0.1, 0.15) is 90.2 Å². The average molecular weight is 422 g/mol. The molecule has 171 valence electrons. The lowest BCUT2D eigenvalue weighted by Crippen LogP contribution is -2.27. The fourth-order valence-corrected chi connectivity index (χ4v) is 4.06. The van der Waals surface area contributed by atoms with Gasteiger partial charge in [-0.3, -0.25) is 0 Å². The number of hydrogen-bond acceptors (Lipinski definition) is 2. The molecule has 0 fully saturated rings. The number of para-hydroxylation sites is 2. The van der Waals surface area contributed by atoms with Gasteiger partial charge in [0.15, 0.2) is 0 Å². The Balaban J connectivity index is 2.32. The van der Waals surface area contributed by atoms with Crippen LogP contribution in [-0.2, 0) is 0 Å². The van der Waals surface area contributed by atoms with Crippen LogP contribution in [0.2, 0.25) is 0 Å². The Bertz CT molecular complexity index is 647. The second-order valence-corrected chi connectivity index (χ2v) is 8.65. The molecular weight excluding hydrogens is 376 g/mol. The summed E-state index contributed by atoms with van der Waals surface area (Å²) in [5, 5.41) is 0. The molecule has 0 N–H and O–H groups in total. The van der Waals surface area contributed by atoms with Crippen LogP contribution in [0, 0.1) is 6.42 Å². The largest absolute Gasteiger partial charge is 0.371 e. The van der Waals surface area contributed by atoms with Gasteiger partial charge in [-0.15, -0.1) is 0 Å². The van der Waals surface area contributed by atoms with Crippen molar-refractivity contribution in [3.05, 3.63) is 66.1 Å². The van der Waals surface area contributed by atoms with Crippen molar-refractivity contribution in [2.24, 2.45) is 0 Å². The maximum atomic E-state index is 2.60. The minimum Gasteiger partial charge on any atom is -0.371 e. The van der Waals surface area contributed by atoms with Crippen molar-refractivity contribution in [3.8, 4) is 0 Å². The highest BCUT2D eigenvalue weighted by Gasteiger charge is 2.15. The Labute approximate surface area is 192 Å². The van der Waals surface area contributed by atoms with Crippen LogP contribution >= 0.6 is 0 Å². The van der Waals surface area contributed by atoms with E-state index in [-0.39, 0.29) is 0 Å². The molecule has 2 aromatic carbocycles. The molecule has 0 aliphatic rings. The number of unbranched alkanes of at least 4 members (excludes halogenated alkanes) is 4. The van der Waals surface area contributed by atoms with Gasteiger partial charge < -0.3 is 9.80 Å². The van der Waals surface area contributed by atoms with E-state index in [1.807, 2.05) is 0 Å². The van der Waals surface area contributed by atoms with Gasteiger partial charge in [0, 0.05) is 44.0 Å². The Kier molecular flexibility index (Phi) is 12.2. The van der Waals surface area contributed by atoms with Crippen LogP contribution in [0.4, 0.5) is 11.4 Å². The molecule has 31 heavy (non-hydrogen) atoms. The molecular formula is C29H45N2. The fourth-order valence-electron chi connectivity index (χ4n) is 4.06. The highest BCUT2D eigenvalue weighted by molar-refractivity contribution is 5.65. The number of rotatable bonds is 16. The van der Waals surface area contributed by atoms with Gasteiger partial charge in [-0.25, -0.2) is 0 Å². The summed E-state index contributed by atoms with van der Waals surface area (Å²) in [6.07, 6.45) is 12.4. The van der Waals surface area contributed by atoms with E-state index in [2.05, 4.69) is 92.4 Å². The first kappa shape index (κ1) is 25.3. The van der Waals surface area contributed by atoms with Crippen molar-refractivity contribution < 1.29 is 0 Å². The number of benzene rings is 2. The Morgan fingerprint density at radius 2 is 0.839 bits per heavy atom. The zero-order valence-electron chi connectivity index (χ0n) is 20.6.